The Hall–Kier alpha value is -2.59. The molecule has 0 aliphatic heterocycles. The predicted octanol–water partition coefficient (Wildman–Crippen LogP) is 4.16. The lowest BCUT2D eigenvalue weighted by Gasteiger charge is -2.11. The Morgan fingerprint density at radius 1 is 1.00 bits per heavy atom. The molecule has 2 N–H and O–H groups in total. The summed E-state index contributed by atoms with van der Waals surface area (Å²) < 4.78 is 16.2. The zero-order valence-corrected chi connectivity index (χ0v) is 20.4. The van der Waals surface area contributed by atoms with E-state index in [-0.39, 0.29) is 24.0 Å². The van der Waals surface area contributed by atoms with Crippen molar-refractivity contribution in [3.05, 3.63) is 71.6 Å². The molecule has 0 saturated carbocycles. The van der Waals surface area contributed by atoms with Crippen LogP contribution in [-0.2, 0) is 17.8 Å². The van der Waals surface area contributed by atoms with Crippen molar-refractivity contribution in [2.24, 2.45) is 4.99 Å². The summed E-state index contributed by atoms with van der Waals surface area (Å²) in [5, 5.41) is 6.55. The van der Waals surface area contributed by atoms with E-state index < -0.39 is 0 Å². The highest BCUT2D eigenvalue weighted by Crippen LogP contribution is 2.19. The van der Waals surface area contributed by atoms with Gasteiger partial charge in [0.05, 0.1) is 18.8 Å². The Kier molecular flexibility index (Phi) is 10.3. The van der Waals surface area contributed by atoms with Gasteiger partial charge in [-0.2, -0.15) is 0 Å². The van der Waals surface area contributed by atoms with Gasteiger partial charge in [0.2, 0.25) is 5.89 Å². The summed E-state index contributed by atoms with van der Waals surface area (Å²) in [6, 6.07) is 16.0. The van der Waals surface area contributed by atoms with Gasteiger partial charge in [0.25, 0.3) is 0 Å². The molecule has 166 valence electrons. The van der Waals surface area contributed by atoms with E-state index in [1.54, 1.807) is 20.4 Å². The van der Waals surface area contributed by atoms with E-state index in [0.717, 1.165) is 22.6 Å². The van der Waals surface area contributed by atoms with Crippen LogP contribution in [0.3, 0.4) is 0 Å². The number of aromatic nitrogens is 1. The highest BCUT2D eigenvalue weighted by atomic mass is 127. The molecule has 7 nitrogen and oxygen atoms in total. The van der Waals surface area contributed by atoms with Crippen LogP contribution < -0.4 is 15.4 Å². The number of rotatable bonds is 9. The molecule has 0 saturated heterocycles. The largest absolute Gasteiger partial charge is 0.491 e. The van der Waals surface area contributed by atoms with Gasteiger partial charge in [-0.15, -0.1) is 24.0 Å². The fraction of sp³-hybridized carbons (Fsp3) is 0.304. The summed E-state index contributed by atoms with van der Waals surface area (Å²) in [6.45, 7) is 4.33. The van der Waals surface area contributed by atoms with Crippen molar-refractivity contribution in [2.75, 3.05) is 27.4 Å². The minimum absolute atomic E-state index is 0. The predicted molar refractivity (Wildman–Crippen MR) is 133 cm³/mol. The van der Waals surface area contributed by atoms with Crippen LogP contribution in [0.2, 0.25) is 0 Å². The minimum Gasteiger partial charge on any atom is -0.491 e. The molecule has 3 aromatic rings. The lowest BCUT2D eigenvalue weighted by atomic mass is 10.1. The maximum Gasteiger partial charge on any atom is 0.226 e. The first-order valence-electron chi connectivity index (χ1n) is 9.84. The minimum atomic E-state index is 0. The van der Waals surface area contributed by atoms with Crippen LogP contribution in [0.25, 0.3) is 11.5 Å². The highest BCUT2D eigenvalue weighted by molar-refractivity contribution is 14.0. The van der Waals surface area contributed by atoms with Crippen molar-refractivity contribution in [2.45, 2.75) is 20.0 Å². The van der Waals surface area contributed by atoms with Gasteiger partial charge in [0.1, 0.15) is 18.6 Å². The summed E-state index contributed by atoms with van der Waals surface area (Å²) in [6.07, 6.45) is 1.66. The van der Waals surface area contributed by atoms with E-state index >= 15 is 0 Å². The van der Waals surface area contributed by atoms with Crippen LogP contribution in [0.15, 0.2) is 64.2 Å². The van der Waals surface area contributed by atoms with Gasteiger partial charge in [0, 0.05) is 26.3 Å². The van der Waals surface area contributed by atoms with E-state index in [1.165, 1.54) is 5.56 Å². The van der Waals surface area contributed by atoms with E-state index in [2.05, 4.69) is 27.5 Å². The molecule has 0 unspecified atom stereocenters. The second kappa shape index (κ2) is 13.0. The van der Waals surface area contributed by atoms with Crippen molar-refractivity contribution >= 4 is 29.9 Å². The number of methoxy groups -OCH3 is 1. The normalized spacial score (nSPS) is 11.0. The van der Waals surface area contributed by atoms with Crippen LogP contribution >= 0.6 is 24.0 Å². The fourth-order valence-electron chi connectivity index (χ4n) is 2.74. The number of benzene rings is 2. The molecule has 0 spiro atoms. The van der Waals surface area contributed by atoms with Crippen molar-refractivity contribution in [1.82, 2.24) is 15.6 Å². The van der Waals surface area contributed by atoms with E-state index in [0.29, 0.717) is 38.2 Å². The molecule has 0 amide bonds. The Morgan fingerprint density at radius 3 is 2.39 bits per heavy atom. The SMILES string of the molecule is CN=C(NCc1ccc(OCCOC)cc1)NCc1coc(-c2ccc(C)cc2)n1.I. The third-order valence-corrected chi connectivity index (χ3v) is 4.45. The lowest BCUT2D eigenvalue weighted by Crippen LogP contribution is -2.36. The Labute approximate surface area is 200 Å². The van der Waals surface area contributed by atoms with Crippen LogP contribution in [0, 0.1) is 6.92 Å². The molecular formula is C23H29IN4O3. The molecule has 2 aromatic carbocycles. The molecule has 0 aliphatic rings. The van der Waals surface area contributed by atoms with Crippen molar-refractivity contribution in [3.63, 3.8) is 0 Å². The fourth-order valence-corrected chi connectivity index (χ4v) is 2.74. The number of guanidine groups is 1. The first-order chi connectivity index (χ1) is 14.7. The van der Waals surface area contributed by atoms with Crippen molar-refractivity contribution in [3.8, 4) is 17.2 Å². The van der Waals surface area contributed by atoms with Gasteiger partial charge < -0.3 is 24.5 Å². The zero-order valence-electron chi connectivity index (χ0n) is 18.1. The van der Waals surface area contributed by atoms with Crippen LogP contribution in [0.5, 0.6) is 5.75 Å². The third-order valence-electron chi connectivity index (χ3n) is 4.45. The number of nitrogens with one attached hydrogen (secondary N) is 2. The molecule has 1 heterocycles. The quantitative estimate of drug-likeness (QED) is 0.185. The van der Waals surface area contributed by atoms with Gasteiger partial charge in [0.15, 0.2) is 5.96 Å². The Bertz CT molecular complexity index is 940. The summed E-state index contributed by atoms with van der Waals surface area (Å²) in [5.41, 5.74) is 4.10. The van der Waals surface area contributed by atoms with Gasteiger partial charge in [-0.3, -0.25) is 4.99 Å². The molecule has 0 fully saturated rings. The second-order valence-corrected chi connectivity index (χ2v) is 6.77. The standard InChI is InChI=1S/C23H28N4O3.HI/c1-17-4-8-19(9-5-17)22-27-20(16-30-22)15-26-23(24-2)25-14-18-6-10-21(11-7-18)29-13-12-28-3;/h4-11,16H,12-15H2,1-3H3,(H2,24,25,26);1H. The lowest BCUT2D eigenvalue weighted by molar-refractivity contribution is 0.146. The average Bonchev–Trinajstić information content (AvgIpc) is 3.24. The molecule has 0 atom stereocenters. The monoisotopic (exact) mass is 536 g/mol. The number of nitrogens with zero attached hydrogens (tertiary/aromatic N) is 2. The number of ether oxygens (including phenoxy) is 2. The van der Waals surface area contributed by atoms with Crippen LogP contribution in [0.1, 0.15) is 16.8 Å². The van der Waals surface area contributed by atoms with E-state index in [9.17, 15) is 0 Å². The molecule has 0 bridgehead atoms. The average molecular weight is 536 g/mol. The maximum absolute atomic E-state index is 5.60. The molecular weight excluding hydrogens is 507 g/mol. The molecule has 3 rings (SSSR count). The highest BCUT2D eigenvalue weighted by Gasteiger charge is 2.07. The molecule has 31 heavy (non-hydrogen) atoms. The number of hydrogen-bond acceptors (Lipinski definition) is 5. The third kappa shape index (κ3) is 7.87. The number of oxazole rings is 1. The van der Waals surface area contributed by atoms with Crippen LogP contribution in [0.4, 0.5) is 0 Å². The first-order valence-corrected chi connectivity index (χ1v) is 9.84. The van der Waals surface area contributed by atoms with Crippen molar-refractivity contribution in [1.29, 1.82) is 0 Å². The van der Waals surface area contributed by atoms with E-state index in [4.69, 9.17) is 13.9 Å². The van der Waals surface area contributed by atoms with Gasteiger partial charge in [-0.05, 0) is 36.8 Å². The van der Waals surface area contributed by atoms with E-state index in [1.807, 2.05) is 48.5 Å². The number of hydrogen-bond donors (Lipinski definition) is 2. The molecule has 1 aromatic heterocycles. The topological polar surface area (TPSA) is 80.9 Å². The second-order valence-electron chi connectivity index (χ2n) is 6.77. The Balaban J connectivity index is 0.00000341. The van der Waals surface area contributed by atoms with Gasteiger partial charge >= 0.3 is 0 Å². The number of aliphatic imine (C=N–C) groups is 1. The van der Waals surface area contributed by atoms with Gasteiger partial charge in [-0.1, -0.05) is 29.8 Å². The number of aryl methyl sites for hydroxylation is 1. The van der Waals surface area contributed by atoms with Crippen molar-refractivity contribution < 1.29 is 13.9 Å². The summed E-state index contributed by atoms with van der Waals surface area (Å²) in [7, 11) is 3.40. The molecule has 0 aliphatic carbocycles. The smallest absolute Gasteiger partial charge is 0.226 e. The number of halogens is 1. The van der Waals surface area contributed by atoms with Crippen LogP contribution in [-0.4, -0.2) is 38.3 Å². The zero-order chi connectivity index (χ0) is 21.2. The maximum atomic E-state index is 5.60. The summed E-state index contributed by atoms with van der Waals surface area (Å²) in [4.78, 5) is 8.80. The molecule has 0 radical (unpaired) electrons. The first kappa shape index (κ1) is 24.7. The van der Waals surface area contributed by atoms with Gasteiger partial charge in [-0.25, -0.2) is 4.98 Å². The summed E-state index contributed by atoms with van der Waals surface area (Å²) >= 11 is 0. The Morgan fingerprint density at radius 2 is 1.71 bits per heavy atom. The molecule has 8 heteroatoms. The summed E-state index contributed by atoms with van der Waals surface area (Å²) in [5.74, 6) is 2.13.